The van der Waals surface area contributed by atoms with E-state index in [2.05, 4.69) is 21.0 Å². The molecule has 0 amide bonds. The summed E-state index contributed by atoms with van der Waals surface area (Å²) in [5, 5.41) is 5.22. The van der Waals surface area contributed by atoms with Crippen LogP contribution in [-0.2, 0) is 9.53 Å². The molecule has 0 aliphatic heterocycles. The molecule has 0 aliphatic rings. The van der Waals surface area contributed by atoms with E-state index in [0.717, 1.165) is 10.9 Å². The molecule has 1 heterocycles. The highest BCUT2D eigenvalue weighted by atomic mass is 79.9. The Morgan fingerprint density at radius 1 is 1.24 bits per heavy atom. The van der Waals surface area contributed by atoms with Gasteiger partial charge in [0.25, 0.3) is 5.56 Å². The van der Waals surface area contributed by atoms with Crippen molar-refractivity contribution in [3.05, 3.63) is 67.6 Å². The zero-order valence-corrected chi connectivity index (χ0v) is 21.2. The molecular weight excluding hydrogens is 510 g/mol. The van der Waals surface area contributed by atoms with Crippen LogP contribution >= 0.6 is 27.5 Å². The number of rotatable bonds is 8. The highest BCUT2D eigenvalue weighted by molar-refractivity contribution is 9.10. The molecule has 3 aromatic rings. The summed E-state index contributed by atoms with van der Waals surface area (Å²) in [6.45, 7) is 7.64. The molecule has 0 saturated carbocycles. The van der Waals surface area contributed by atoms with Crippen molar-refractivity contribution in [2.75, 3.05) is 6.61 Å². The van der Waals surface area contributed by atoms with Gasteiger partial charge in [-0.2, -0.15) is 9.78 Å². The van der Waals surface area contributed by atoms with Crippen molar-refractivity contribution in [1.82, 2.24) is 9.66 Å². The SMILES string of the molecule is CCOC(=O)[C@H](C)Oc1ccc(C=Nn2c([C@@H](C)CC)nc3ccc(Br)cc3c2=O)cc1Cl. The molecule has 174 valence electrons. The van der Waals surface area contributed by atoms with Gasteiger partial charge in [-0.3, -0.25) is 4.79 Å². The molecule has 0 unspecified atom stereocenters. The minimum absolute atomic E-state index is 0.0339. The van der Waals surface area contributed by atoms with E-state index < -0.39 is 12.1 Å². The molecule has 0 aliphatic carbocycles. The van der Waals surface area contributed by atoms with Crippen molar-refractivity contribution in [3.63, 3.8) is 0 Å². The third-order valence-electron chi connectivity index (χ3n) is 5.09. The first kappa shape index (κ1) is 24.9. The zero-order chi connectivity index (χ0) is 24.1. The number of carbonyl (C=O) groups is 1. The van der Waals surface area contributed by atoms with Crippen LogP contribution in [0.3, 0.4) is 0 Å². The van der Waals surface area contributed by atoms with Crippen LogP contribution in [0.4, 0.5) is 0 Å². The molecule has 7 nitrogen and oxygen atoms in total. The summed E-state index contributed by atoms with van der Waals surface area (Å²) in [5.41, 5.74) is 1.04. The monoisotopic (exact) mass is 533 g/mol. The van der Waals surface area contributed by atoms with Gasteiger partial charge >= 0.3 is 5.97 Å². The number of aromatic nitrogens is 2. The Morgan fingerprint density at radius 2 is 2.00 bits per heavy atom. The van der Waals surface area contributed by atoms with Crippen LogP contribution in [0.15, 0.2) is 50.8 Å². The Morgan fingerprint density at radius 3 is 2.67 bits per heavy atom. The number of esters is 1. The van der Waals surface area contributed by atoms with E-state index in [1.165, 1.54) is 4.68 Å². The van der Waals surface area contributed by atoms with Gasteiger partial charge < -0.3 is 9.47 Å². The molecule has 0 radical (unpaired) electrons. The van der Waals surface area contributed by atoms with Crippen molar-refractivity contribution < 1.29 is 14.3 Å². The predicted molar refractivity (Wildman–Crippen MR) is 134 cm³/mol. The second-order valence-corrected chi connectivity index (χ2v) is 8.83. The molecule has 0 N–H and O–H groups in total. The Bertz CT molecular complexity index is 1260. The van der Waals surface area contributed by atoms with E-state index in [-0.39, 0.29) is 18.1 Å². The maximum absolute atomic E-state index is 13.2. The number of ether oxygens (including phenoxy) is 2. The highest BCUT2D eigenvalue weighted by Gasteiger charge is 2.18. The van der Waals surface area contributed by atoms with Gasteiger partial charge in [0.2, 0.25) is 0 Å². The summed E-state index contributed by atoms with van der Waals surface area (Å²) in [7, 11) is 0. The van der Waals surface area contributed by atoms with E-state index in [1.807, 2.05) is 26.0 Å². The molecule has 0 bridgehead atoms. The summed E-state index contributed by atoms with van der Waals surface area (Å²) < 4.78 is 12.7. The van der Waals surface area contributed by atoms with E-state index in [1.54, 1.807) is 44.3 Å². The lowest BCUT2D eigenvalue weighted by atomic mass is 10.1. The maximum atomic E-state index is 13.2. The van der Waals surface area contributed by atoms with E-state index in [0.29, 0.717) is 33.1 Å². The minimum atomic E-state index is -0.790. The minimum Gasteiger partial charge on any atom is -0.477 e. The fourth-order valence-corrected chi connectivity index (χ4v) is 3.69. The number of hydrogen-bond acceptors (Lipinski definition) is 6. The number of fused-ring (bicyclic) bond motifs is 1. The zero-order valence-electron chi connectivity index (χ0n) is 18.8. The van der Waals surface area contributed by atoms with Crippen LogP contribution in [0.5, 0.6) is 5.75 Å². The normalized spacial score (nSPS) is 13.3. The molecule has 9 heteroatoms. The number of benzene rings is 2. The van der Waals surface area contributed by atoms with Gasteiger partial charge in [0.1, 0.15) is 11.6 Å². The van der Waals surface area contributed by atoms with Gasteiger partial charge in [-0.25, -0.2) is 9.78 Å². The topological polar surface area (TPSA) is 82.8 Å². The van der Waals surface area contributed by atoms with Crippen LogP contribution in [0.2, 0.25) is 5.02 Å². The third-order valence-corrected chi connectivity index (χ3v) is 5.88. The number of nitrogens with zero attached hydrogens (tertiary/aromatic N) is 3. The number of halogens is 2. The Kier molecular flexibility index (Phi) is 8.26. The smallest absolute Gasteiger partial charge is 0.347 e. The Hall–Kier alpha value is -2.71. The quantitative estimate of drug-likeness (QED) is 0.280. The highest BCUT2D eigenvalue weighted by Crippen LogP contribution is 2.26. The first-order valence-electron chi connectivity index (χ1n) is 10.6. The van der Waals surface area contributed by atoms with Gasteiger partial charge in [0.15, 0.2) is 6.10 Å². The van der Waals surface area contributed by atoms with Gasteiger partial charge in [-0.15, -0.1) is 0 Å². The van der Waals surface area contributed by atoms with Gasteiger partial charge in [-0.05, 0) is 62.2 Å². The molecule has 3 rings (SSSR count). The first-order chi connectivity index (χ1) is 15.7. The lowest BCUT2D eigenvalue weighted by Crippen LogP contribution is -2.26. The predicted octanol–water partition coefficient (Wildman–Crippen LogP) is 5.54. The van der Waals surface area contributed by atoms with E-state index >= 15 is 0 Å². The first-order valence-corrected chi connectivity index (χ1v) is 11.8. The van der Waals surface area contributed by atoms with Gasteiger partial charge in [0.05, 0.1) is 28.7 Å². The molecular formula is C24H25BrClN3O4. The summed E-state index contributed by atoms with van der Waals surface area (Å²) in [6.07, 6.45) is 1.56. The van der Waals surface area contributed by atoms with Crippen molar-refractivity contribution in [1.29, 1.82) is 0 Å². The van der Waals surface area contributed by atoms with E-state index in [4.69, 9.17) is 26.1 Å². The lowest BCUT2D eigenvalue weighted by Gasteiger charge is -2.15. The maximum Gasteiger partial charge on any atom is 0.347 e. The molecule has 0 fully saturated rings. The summed E-state index contributed by atoms with van der Waals surface area (Å²) in [6, 6.07) is 10.4. The lowest BCUT2D eigenvalue weighted by molar-refractivity contribution is -0.150. The summed E-state index contributed by atoms with van der Waals surface area (Å²) in [4.78, 5) is 29.7. The van der Waals surface area contributed by atoms with Gasteiger partial charge in [0, 0.05) is 10.4 Å². The van der Waals surface area contributed by atoms with Crippen LogP contribution in [0, 0.1) is 0 Å². The standard InChI is InChI=1S/C24H25BrClN3O4/c1-5-14(3)22-28-20-9-8-17(25)12-18(20)23(30)29(22)27-13-16-7-10-21(19(26)11-16)33-15(4)24(31)32-6-2/h7-15H,5-6H2,1-4H3/t14-,15-/m0/s1. The fourth-order valence-electron chi connectivity index (χ4n) is 3.09. The van der Waals surface area contributed by atoms with Crippen molar-refractivity contribution >= 4 is 50.6 Å². The van der Waals surface area contributed by atoms with Crippen molar-refractivity contribution in [2.24, 2.45) is 5.10 Å². The van der Waals surface area contributed by atoms with Crippen LogP contribution in [0.1, 0.15) is 51.4 Å². The summed E-state index contributed by atoms with van der Waals surface area (Å²) >= 11 is 9.75. The molecule has 33 heavy (non-hydrogen) atoms. The average Bonchev–Trinajstić information content (AvgIpc) is 2.79. The fraction of sp³-hybridized carbons (Fsp3) is 0.333. The molecule has 2 aromatic carbocycles. The third kappa shape index (κ3) is 5.81. The van der Waals surface area contributed by atoms with E-state index in [9.17, 15) is 9.59 Å². The van der Waals surface area contributed by atoms with Crippen LogP contribution < -0.4 is 10.3 Å². The molecule has 0 spiro atoms. The van der Waals surface area contributed by atoms with Crippen molar-refractivity contribution in [2.45, 2.75) is 46.1 Å². The van der Waals surface area contributed by atoms with Crippen LogP contribution in [0.25, 0.3) is 10.9 Å². The average molecular weight is 535 g/mol. The largest absolute Gasteiger partial charge is 0.477 e. The molecule has 2 atom stereocenters. The van der Waals surface area contributed by atoms with Crippen LogP contribution in [-0.4, -0.2) is 34.6 Å². The number of hydrogen-bond donors (Lipinski definition) is 0. The second kappa shape index (κ2) is 10.9. The second-order valence-electron chi connectivity index (χ2n) is 7.50. The Balaban J connectivity index is 1.95. The van der Waals surface area contributed by atoms with Crippen molar-refractivity contribution in [3.8, 4) is 5.75 Å². The van der Waals surface area contributed by atoms with Gasteiger partial charge in [-0.1, -0.05) is 41.4 Å². The number of carbonyl (C=O) groups excluding carboxylic acids is 1. The molecule has 0 saturated heterocycles. The Labute approximate surface area is 205 Å². The molecule has 1 aromatic heterocycles. The summed E-state index contributed by atoms with van der Waals surface area (Å²) in [5.74, 6) is 0.505.